The first kappa shape index (κ1) is 13.4. The van der Waals surface area contributed by atoms with Gasteiger partial charge in [0.1, 0.15) is 5.69 Å². The molecule has 0 unspecified atom stereocenters. The minimum atomic E-state index is 0.522. The summed E-state index contributed by atoms with van der Waals surface area (Å²) in [7, 11) is 0. The quantitative estimate of drug-likeness (QED) is 0.678. The molecule has 0 spiro atoms. The topological polar surface area (TPSA) is 61.4 Å². The zero-order chi connectivity index (χ0) is 13.9. The van der Waals surface area contributed by atoms with Crippen molar-refractivity contribution in [2.75, 3.05) is 0 Å². The van der Waals surface area contributed by atoms with Gasteiger partial charge in [0.25, 0.3) is 0 Å². The van der Waals surface area contributed by atoms with Gasteiger partial charge in [0.15, 0.2) is 4.73 Å². The first-order chi connectivity index (χ1) is 9.70. The molecule has 8 heteroatoms. The predicted molar refractivity (Wildman–Crippen MR) is 80.1 cm³/mol. The first-order valence-corrected chi connectivity index (χ1v) is 7.48. The molecule has 6 nitrogen and oxygen atoms in total. The Balaban J connectivity index is 1.72. The van der Waals surface area contributed by atoms with Crippen LogP contribution in [0, 0.1) is 0 Å². The minimum Gasteiger partial charge on any atom is -0.248 e. The monoisotopic (exact) mass is 396 g/mol. The zero-order valence-corrected chi connectivity index (χ0v) is 13.5. The maximum absolute atomic E-state index is 4.20. The molecule has 0 radical (unpaired) electrons. The fourth-order valence-electron chi connectivity index (χ4n) is 1.81. The van der Waals surface area contributed by atoms with Crippen LogP contribution >= 0.6 is 31.9 Å². The van der Waals surface area contributed by atoms with Crippen LogP contribution in [0.1, 0.15) is 11.3 Å². The Morgan fingerprint density at radius 3 is 2.55 bits per heavy atom. The molecular formula is C12H10Br2N6. The smallest absolute Gasteiger partial charge is 0.218 e. The van der Waals surface area contributed by atoms with Gasteiger partial charge in [-0.1, -0.05) is 35.5 Å². The van der Waals surface area contributed by atoms with E-state index in [0.29, 0.717) is 22.6 Å². The second-order valence-electron chi connectivity index (χ2n) is 4.20. The molecule has 0 atom stereocenters. The summed E-state index contributed by atoms with van der Waals surface area (Å²) in [6.45, 7) is 1.23. The van der Waals surface area contributed by atoms with Gasteiger partial charge in [-0.2, -0.15) is 4.98 Å². The van der Waals surface area contributed by atoms with Gasteiger partial charge in [0.2, 0.25) is 4.73 Å². The first-order valence-electron chi connectivity index (χ1n) is 5.89. The third kappa shape index (κ3) is 3.13. The standard InChI is InChI=1S/C12H10Br2N6/c13-11-15-12(14)20(17-11)8-10-7-19(18-16-10)6-9-4-2-1-3-5-9/h1-5,7H,6,8H2. The lowest BCUT2D eigenvalue weighted by molar-refractivity contribution is 0.640. The summed E-state index contributed by atoms with van der Waals surface area (Å²) in [6.07, 6.45) is 1.91. The molecule has 2 aromatic heterocycles. The largest absolute Gasteiger partial charge is 0.248 e. The molecule has 0 aliphatic heterocycles. The van der Waals surface area contributed by atoms with Crippen molar-refractivity contribution in [3.05, 3.63) is 57.3 Å². The molecule has 1 aromatic carbocycles. The summed E-state index contributed by atoms with van der Waals surface area (Å²) in [4.78, 5) is 4.11. The summed E-state index contributed by atoms with van der Waals surface area (Å²) >= 11 is 6.57. The fraction of sp³-hybridized carbons (Fsp3) is 0.167. The minimum absolute atomic E-state index is 0.522. The Hall–Kier alpha value is -1.54. The lowest BCUT2D eigenvalue weighted by atomic mass is 10.2. The van der Waals surface area contributed by atoms with Crippen molar-refractivity contribution in [3.63, 3.8) is 0 Å². The number of halogens is 2. The van der Waals surface area contributed by atoms with Gasteiger partial charge in [-0.25, -0.2) is 9.36 Å². The van der Waals surface area contributed by atoms with Crippen molar-refractivity contribution in [3.8, 4) is 0 Å². The Kier molecular flexibility index (Phi) is 3.93. The molecule has 0 saturated heterocycles. The number of nitrogens with zero attached hydrogens (tertiary/aromatic N) is 6. The highest BCUT2D eigenvalue weighted by Crippen LogP contribution is 2.12. The van der Waals surface area contributed by atoms with Crippen LogP contribution in [0.4, 0.5) is 0 Å². The molecule has 3 aromatic rings. The third-order valence-electron chi connectivity index (χ3n) is 2.69. The number of aromatic nitrogens is 6. The molecule has 0 N–H and O–H groups in total. The fourth-order valence-corrected chi connectivity index (χ4v) is 2.78. The molecule has 2 heterocycles. The lowest BCUT2D eigenvalue weighted by Crippen LogP contribution is -2.02. The van der Waals surface area contributed by atoms with E-state index in [1.165, 1.54) is 5.56 Å². The highest BCUT2D eigenvalue weighted by atomic mass is 79.9. The molecule has 0 aliphatic carbocycles. The highest BCUT2D eigenvalue weighted by Gasteiger charge is 2.08. The van der Waals surface area contributed by atoms with Crippen LogP contribution < -0.4 is 0 Å². The van der Waals surface area contributed by atoms with Gasteiger partial charge in [-0.15, -0.1) is 10.2 Å². The van der Waals surface area contributed by atoms with E-state index in [1.807, 2.05) is 29.1 Å². The van der Waals surface area contributed by atoms with Crippen LogP contribution in [-0.2, 0) is 13.1 Å². The number of hydrogen-bond donors (Lipinski definition) is 0. The molecule has 0 saturated carbocycles. The van der Waals surface area contributed by atoms with Gasteiger partial charge in [-0.3, -0.25) is 0 Å². The van der Waals surface area contributed by atoms with E-state index in [0.717, 1.165) is 5.69 Å². The van der Waals surface area contributed by atoms with Gasteiger partial charge < -0.3 is 0 Å². The molecule has 0 aliphatic rings. The van der Waals surface area contributed by atoms with Crippen LogP contribution in [0.25, 0.3) is 0 Å². The predicted octanol–water partition coefficient (Wildman–Crippen LogP) is 2.49. The van der Waals surface area contributed by atoms with Crippen molar-refractivity contribution in [2.24, 2.45) is 0 Å². The van der Waals surface area contributed by atoms with Gasteiger partial charge >= 0.3 is 0 Å². The van der Waals surface area contributed by atoms with Gasteiger partial charge in [0.05, 0.1) is 19.3 Å². The SMILES string of the molecule is Brc1nc(Br)n(Cc2cn(Cc3ccccc3)nn2)n1. The van der Waals surface area contributed by atoms with E-state index in [2.05, 4.69) is 64.4 Å². The summed E-state index contributed by atoms with van der Waals surface area (Å²) in [5, 5.41) is 12.5. The second-order valence-corrected chi connectivity index (χ2v) is 5.62. The van der Waals surface area contributed by atoms with Crippen LogP contribution in [0.15, 0.2) is 46.0 Å². The van der Waals surface area contributed by atoms with Crippen molar-refractivity contribution >= 4 is 31.9 Å². The number of benzene rings is 1. The molecule has 102 valence electrons. The van der Waals surface area contributed by atoms with E-state index < -0.39 is 0 Å². The van der Waals surface area contributed by atoms with Crippen molar-refractivity contribution < 1.29 is 0 Å². The Morgan fingerprint density at radius 2 is 1.85 bits per heavy atom. The average molecular weight is 398 g/mol. The second kappa shape index (κ2) is 5.84. The summed E-state index contributed by atoms with van der Waals surface area (Å²) in [5.74, 6) is 0. The lowest BCUT2D eigenvalue weighted by Gasteiger charge is -1.99. The van der Waals surface area contributed by atoms with Crippen LogP contribution in [-0.4, -0.2) is 29.8 Å². The summed E-state index contributed by atoms with van der Waals surface area (Å²) < 4.78 is 4.72. The average Bonchev–Trinajstić information content (AvgIpc) is 2.98. The van der Waals surface area contributed by atoms with E-state index >= 15 is 0 Å². The van der Waals surface area contributed by atoms with Crippen molar-refractivity contribution in [1.82, 2.24) is 29.8 Å². The van der Waals surface area contributed by atoms with Crippen molar-refractivity contribution in [1.29, 1.82) is 0 Å². The highest BCUT2D eigenvalue weighted by molar-refractivity contribution is 9.11. The number of hydrogen-bond acceptors (Lipinski definition) is 4. The Bertz CT molecular complexity index is 706. The van der Waals surface area contributed by atoms with Crippen LogP contribution in [0.5, 0.6) is 0 Å². The summed E-state index contributed by atoms with van der Waals surface area (Å²) in [5.41, 5.74) is 2.02. The Morgan fingerprint density at radius 1 is 1.05 bits per heavy atom. The van der Waals surface area contributed by atoms with Crippen molar-refractivity contribution in [2.45, 2.75) is 13.1 Å². The molecule has 0 fully saturated rings. The molecular weight excluding hydrogens is 388 g/mol. The maximum atomic E-state index is 4.20. The Labute approximate surface area is 132 Å². The van der Waals surface area contributed by atoms with Gasteiger partial charge in [-0.05, 0) is 37.4 Å². The van der Waals surface area contributed by atoms with E-state index in [1.54, 1.807) is 4.68 Å². The third-order valence-corrected chi connectivity index (χ3v) is 3.61. The summed E-state index contributed by atoms with van der Waals surface area (Å²) in [6, 6.07) is 10.1. The molecule has 3 rings (SSSR count). The van der Waals surface area contributed by atoms with E-state index in [4.69, 9.17) is 0 Å². The van der Waals surface area contributed by atoms with E-state index in [9.17, 15) is 0 Å². The number of rotatable bonds is 4. The molecule has 0 bridgehead atoms. The van der Waals surface area contributed by atoms with Crippen LogP contribution in [0.3, 0.4) is 0 Å². The molecule has 20 heavy (non-hydrogen) atoms. The normalized spacial score (nSPS) is 10.9. The van der Waals surface area contributed by atoms with E-state index in [-0.39, 0.29) is 0 Å². The zero-order valence-electron chi connectivity index (χ0n) is 10.3. The van der Waals surface area contributed by atoms with Crippen LogP contribution in [0.2, 0.25) is 0 Å². The maximum Gasteiger partial charge on any atom is 0.218 e. The molecule has 0 amide bonds. The van der Waals surface area contributed by atoms with Gasteiger partial charge in [0, 0.05) is 0 Å².